The number of fused-ring (bicyclic) bond motifs is 1. The molecule has 0 saturated carbocycles. The molecule has 1 saturated heterocycles. The Morgan fingerprint density at radius 2 is 2.15 bits per heavy atom. The van der Waals surface area contributed by atoms with Crippen molar-refractivity contribution in [2.24, 2.45) is 0 Å². The van der Waals surface area contributed by atoms with E-state index >= 15 is 0 Å². The maximum Gasteiger partial charge on any atom is 0.274 e. The van der Waals surface area contributed by atoms with E-state index in [9.17, 15) is 13.2 Å². The molecular formula is C19H23N3O4S. The van der Waals surface area contributed by atoms with E-state index in [1.54, 1.807) is 10.7 Å². The molecule has 1 aliphatic heterocycles. The fourth-order valence-electron chi connectivity index (χ4n) is 3.92. The number of hydrogen-bond donors (Lipinski definition) is 1. The summed E-state index contributed by atoms with van der Waals surface area (Å²) in [5.74, 6) is 0.543. The van der Waals surface area contributed by atoms with Gasteiger partial charge in [-0.3, -0.25) is 9.48 Å². The molecule has 0 spiro atoms. The summed E-state index contributed by atoms with van der Waals surface area (Å²) in [7, 11) is -3.06. The van der Waals surface area contributed by atoms with E-state index in [-0.39, 0.29) is 23.5 Å². The van der Waals surface area contributed by atoms with Gasteiger partial charge in [0.05, 0.1) is 35.5 Å². The van der Waals surface area contributed by atoms with E-state index in [0.717, 1.165) is 30.5 Å². The number of nitrogens with zero attached hydrogens (tertiary/aromatic N) is 2. The highest BCUT2D eigenvalue weighted by molar-refractivity contribution is 7.91. The molecule has 1 unspecified atom stereocenters. The molecule has 2 aromatic rings. The molecule has 8 heteroatoms. The molecule has 0 bridgehead atoms. The number of carbonyl (C=O) groups is 1. The predicted molar refractivity (Wildman–Crippen MR) is 102 cm³/mol. The van der Waals surface area contributed by atoms with Gasteiger partial charge in [0, 0.05) is 5.56 Å². The van der Waals surface area contributed by atoms with Gasteiger partial charge in [-0.2, -0.15) is 5.10 Å². The van der Waals surface area contributed by atoms with E-state index < -0.39 is 9.84 Å². The summed E-state index contributed by atoms with van der Waals surface area (Å²) in [4.78, 5) is 13.2. The topological polar surface area (TPSA) is 90.3 Å². The van der Waals surface area contributed by atoms with Gasteiger partial charge in [0.2, 0.25) is 0 Å². The Labute approximate surface area is 158 Å². The van der Waals surface area contributed by atoms with Gasteiger partial charge in [0.25, 0.3) is 5.91 Å². The van der Waals surface area contributed by atoms with Gasteiger partial charge in [-0.05, 0) is 44.7 Å². The second kappa shape index (κ2) is 6.99. The van der Waals surface area contributed by atoms with Crippen LogP contribution in [-0.2, 0) is 22.7 Å². The molecule has 1 atom stereocenters. The van der Waals surface area contributed by atoms with Crippen molar-refractivity contribution in [3.05, 3.63) is 41.2 Å². The van der Waals surface area contributed by atoms with Crippen molar-refractivity contribution in [3.63, 3.8) is 0 Å². The molecule has 1 amide bonds. The first-order valence-corrected chi connectivity index (χ1v) is 11.1. The first-order valence-electron chi connectivity index (χ1n) is 9.32. The van der Waals surface area contributed by atoms with Gasteiger partial charge in [-0.15, -0.1) is 0 Å². The molecule has 1 aromatic heterocycles. The quantitative estimate of drug-likeness (QED) is 0.848. The smallest absolute Gasteiger partial charge is 0.274 e. The Balaban J connectivity index is 1.68. The minimum Gasteiger partial charge on any atom is -0.492 e. The maximum atomic E-state index is 13.2. The summed E-state index contributed by atoms with van der Waals surface area (Å²) in [6.07, 6.45) is 3.10. The zero-order valence-corrected chi connectivity index (χ0v) is 16.1. The van der Waals surface area contributed by atoms with E-state index in [1.807, 2.05) is 25.1 Å². The molecule has 27 heavy (non-hydrogen) atoms. The lowest BCUT2D eigenvalue weighted by Gasteiger charge is -2.16. The van der Waals surface area contributed by atoms with Crippen LogP contribution in [0.15, 0.2) is 24.3 Å². The number of anilines is 1. The van der Waals surface area contributed by atoms with E-state index in [1.165, 1.54) is 0 Å². The largest absolute Gasteiger partial charge is 0.492 e. The molecule has 7 nitrogen and oxygen atoms in total. The van der Waals surface area contributed by atoms with Gasteiger partial charge < -0.3 is 10.1 Å². The Kier molecular flexibility index (Phi) is 4.67. The van der Waals surface area contributed by atoms with Crippen molar-refractivity contribution in [3.8, 4) is 5.75 Å². The van der Waals surface area contributed by atoms with Crippen LogP contribution >= 0.6 is 0 Å². The van der Waals surface area contributed by atoms with E-state index in [4.69, 9.17) is 4.74 Å². The van der Waals surface area contributed by atoms with Gasteiger partial charge >= 0.3 is 0 Å². The monoisotopic (exact) mass is 389 g/mol. The van der Waals surface area contributed by atoms with Crippen molar-refractivity contribution in [1.29, 1.82) is 0 Å². The minimum atomic E-state index is -3.06. The van der Waals surface area contributed by atoms with Crippen molar-refractivity contribution < 1.29 is 17.9 Å². The molecule has 1 N–H and O–H groups in total. The molecule has 2 heterocycles. The number of aromatic nitrogens is 2. The fourth-order valence-corrected chi connectivity index (χ4v) is 5.61. The van der Waals surface area contributed by atoms with Crippen molar-refractivity contribution in [2.75, 3.05) is 23.4 Å². The fraction of sp³-hybridized carbons (Fsp3) is 0.474. The van der Waals surface area contributed by atoms with Crippen LogP contribution < -0.4 is 10.1 Å². The Morgan fingerprint density at radius 1 is 1.33 bits per heavy atom. The van der Waals surface area contributed by atoms with Crippen molar-refractivity contribution in [2.45, 2.75) is 38.6 Å². The van der Waals surface area contributed by atoms with E-state index in [2.05, 4.69) is 10.4 Å². The predicted octanol–water partition coefficient (Wildman–Crippen LogP) is 2.38. The standard InChI is InChI=1S/C19H23N3O4S/c1-2-26-17-9-4-3-7-16(17)20-19(23)18-14-6-5-8-15(14)21-22(18)13-10-11-27(24,25)12-13/h3-4,7,9,13H,2,5-6,8,10-12H2,1H3,(H,20,23). The van der Waals surface area contributed by atoms with Crippen LogP contribution in [0, 0.1) is 0 Å². The number of ether oxygens (including phenoxy) is 1. The van der Waals surface area contributed by atoms with Crippen LogP contribution in [-0.4, -0.2) is 42.2 Å². The lowest BCUT2D eigenvalue weighted by Crippen LogP contribution is -2.23. The molecule has 0 radical (unpaired) electrons. The lowest BCUT2D eigenvalue weighted by molar-refractivity contribution is 0.101. The van der Waals surface area contributed by atoms with Gasteiger partial charge in [0.15, 0.2) is 9.84 Å². The van der Waals surface area contributed by atoms with Gasteiger partial charge in [-0.25, -0.2) is 8.42 Å². The summed E-state index contributed by atoms with van der Waals surface area (Å²) in [5.41, 5.74) is 2.96. The van der Waals surface area contributed by atoms with Crippen LogP contribution in [0.2, 0.25) is 0 Å². The highest BCUT2D eigenvalue weighted by atomic mass is 32.2. The van der Waals surface area contributed by atoms with Crippen LogP contribution in [0.25, 0.3) is 0 Å². The molecule has 2 aliphatic rings. The maximum absolute atomic E-state index is 13.2. The Hall–Kier alpha value is -2.35. The van der Waals surface area contributed by atoms with Crippen LogP contribution in [0.3, 0.4) is 0 Å². The summed E-state index contributed by atoms with van der Waals surface area (Å²) in [6, 6.07) is 7.02. The number of sulfone groups is 1. The van der Waals surface area contributed by atoms with Crippen LogP contribution in [0.1, 0.15) is 47.6 Å². The summed E-state index contributed by atoms with van der Waals surface area (Å²) < 4.78 is 31.1. The zero-order chi connectivity index (χ0) is 19.0. The summed E-state index contributed by atoms with van der Waals surface area (Å²) in [5, 5.41) is 7.56. The number of carbonyl (C=O) groups excluding carboxylic acids is 1. The SMILES string of the molecule is CCOc1ccccc1NC(=O)c1c2c(nn1C1CCS(=O)(=O)C1)CCC2. The van der Waals surface area contributed by atoms with Crippen molar-refractivity contribution >= 4 is 21.4 Å². The average molecular weight is 389 g/mol. The second-order valence-corrected chi connectivity index (χ2v) is 9.24. The summed E-state index contributed by atoms with van der Waals surface area (Å²) >= 11 is 0. The molecule has 144 valence electrons. The first kappa shape index (κ1) is 18.0. The number of nitrogens with one attached hydrogen (secondary N) is 1. The first-order chi connectivity index (χ1) is 13.0. The molecule has 1 aliphatic carbocycles. The normalized spacial score (nSPS) is 20.4. The van der Waals surface area contributed by atoms with Crippen molar-refractivity contribution in [1.82, 2.24) is 9.78 Å². The number of rotatable bonds is 5. The van der Waals surface area contributed by atoms with Crippen LogP contribution in [0.5, 0.6) is 5.75 Å². The Bertz CT molecular complexity index is 981. The number of para-hydroxylation sites is 2. The third kappa shape index (κ3) is 3.45. The highest BCUT2D eigenvalue weighted by Gasteiger charge is 2.35. The zero-order valence-electron chi connectivity index (χ0n) is 15.3. The third-order valence-electron chi connectivity index (χ3n) is 5.14. The molecular weight excluding hydrogens is 366 g/mol. The lowest BCUT2D eigenvalue weighted by atomic mass is 10.1. The summed E-state index contributed by atoms with van der Waals surface area (Å²) in [6.45, 7) is 2.39. The molecule has 1 fully saturated rings. The highest BCUT2D eigenvalue weighted by Crippen LogP contribution is 2.32. The molecule has 4 rings (SSSR count). The number of benzene rings is 1. The van der Waals surface area contributed by atoms with Gasteiger partial charge in [0.1, 0.15) is 11.4 Å². The van der Waals surface area contributed by atoms with Gasteiger partial charge in [-0.1, -0.05) is 12.1 Å². The minimum absolute atomic E-state index is 0.0450. The third-order valence-corrected chi connectivity index (χ3v) is 6.89. The number of aryl methyl sites for hydroxylation is 1. The number of amides is 1. The Morgan fingerprint density at radius 3 is 2.89 bits per heavy atom. The number of hydrogen-bond acceptors (Lipinski definition) is 5. The molecule has 1 aromatic carbocycles. The second-order valence-electron chi connectivity index (χ2n) is 7.01. The average Bonchev–Trinajstić information content (AvgIpc) is 3.30. The van der Waals surface area contributed by atoms with Crippen LogP contribution in [0.4, 0.5) is 5.69 Å². The van der Waals surface area contributed by atoms with E-state index in [0.29, 0.717) is 30.2 Å².